The van der Waals surface area contributed by atoms with Gasteiger partial charge in [0, 0.05) is 28.3 Å². The molecule has 1 aliphatic rings. The summed E-state index contributed by atoms with van der Waals surface area (Å²) in [4.78, 5) is 0. The van der Waals surface area contributed by atoms with Gasteiger partial charge in [-0.25, -0.2) is 17.9 Å². The van der Waals surface area contributed by atoms with E-state index in [0.717, 1.165) is 73.1 Å². The number of fused-ring (bicyclic) bond motifs is 2. The summed E-state index contributed by atoms with van der Waals surface area (Å²) in [6.45, 7) is 8.55. The smallest absolute Gasteiger partial charge is 0.419 e. The highest BCUT2D eigenvalue weighted by Gasteiger charge is 2.64. The fourth-order valence-electron chi connectivity index (χ4n) is 11.8. The Labute approximate surface area is 412 Å². The summed E-state index contributed by atoms with van der Waals surface area (Å²) >= 11 is 9.10. The second-order valence-electron chi connectivity index (χ2n) is 19.0. The lowest BCUT2D eigenvalue weighted by Gasteiger charge is -2.45. The highest BCUT2D eigenvalue weighted by atomic mass is 35.5. The summed E-state index contributed by atoms with van der Waals surface area (Å²) in [5, 5.41) is 0. The second kappa shape index (κ2) is 17.1. The highest BCUT2D eigenvalue weighted by Crippen LogP contribution is 2.41. The first kappa shape index (κ1) is 44.9. The van der Waals surface area contributed by atoms with E-state index in [1.54, 1.807) is 8.96 Å². The second-order valence-corrected chi connectivity index (χ2v) is 19.6. The lowest BCUT2D eigenvalue weighted by Crippen LogP contribution is -3.02. The first-order chi connectivity index (χ1) is 33.8. The maximum absolute atomic E-state index is 21.9. The molecule has 0 bridgehead atoms. The van der Waals surface area contributed by atoms with Crippen LogP contribution in [0.3, 0.4) is 0 Å². The molecule has 11 rings (SSSR count). The number of aryl methyl sites for hydroxylation is 6. The molecule has 0 N–H and O–H groups in total. The summed E-state index contributed by atoms with van der Waals surface area (Å²) < 4.78 is 63.3. The van der Waals surface area contributed by atoms with E-state index in [9.17, 15) is 0 Å². The largest absolute Gasteiger partial charge is 0.575 e. The molecule has 0 fully saturated rings. The zero-order valence-electron chi connectivity index (χ0n) is 39.9. The van der Waals surface area contributed by atoms with E-state index in [0.29, 0.717) is 39.7 Å². The summed E-state index contributed by atoms with van der Waals surface area (Å²) in [5.41, 5.74) is 10.4. The first-order valence-corrected chi connectivity index (χ1v) is 24.3. The predicted molar refractivity (Wildman–Crippen MR) is 283 cm³/mol. The van der Waals surface area contributed by atoms with E-state index in [1.165, 1.54) is 12.1 Å². The third kappa shape index (κ3) is 6.77. The molecule has 0 aliphatic carbocycles. The number of nitrogens with zero attached hydrogens (tertiary/aromatic N) is 4. The molecule has 0 unspecified atom stereocenters. The molecule has 0 radical (unpaired) electrons. The SMILES string of the molecule is Cc1cc(C)c(-n2c(-c3ccccc3)c(-c3ccccc3)[n+]3c2[B-](Cl)(c2ccc(F)cc2F)c2n(-c4c(C)cc(C)cc4C)c(-c4ccccc4)c(-c4ccccc4)[n+]2[B-]3(F)c2ccccc2)c(C)c1. The van der Waals surface area contributed by atoms with Gasteiger partial charge in [0.2, 0.25) is 0 Å². The van der Waals surface area contributed by atoms with Crippen molar-refractivity contribution in [1.29, 1.82) is 0 Å². The minimum absolute atomic E-state index is 0.0114. The van der Waals surface area contributed by atoms with Crippen LogP contribution in [0.2, 0.25) is 0 Å². The van der Waals surface area contributed by atoms with Gasteiger partial charge in [-0.1, -0.05) is 199 Å². The lowest BCUT2D eigenvalue weighted by molar-refractivity contribution is -0.671. The van der Waals surface area contributed by atoms with Crippen molar-refractivity contribution in [2.24, 2.45) is 0 Å². The van der Waals surface area contributed by atoms with Crippen LogP contribution in [0.5, 0.6) is 0 Å². The van der Waals surface area contributed by atoms with Gasteiger partial charge in [-0.15, -0.1) is 5.46 Å². The molecule has 1 aliphatic heterocycles. The van der Waals surface area contributed by atoms with Crippen LogP contribution in [0.15, 0.2) is 194 Å². The molecule has 8 aromatic carbocycles. The Balaban J connectivity index is 1.54. The Morgan fingerprint density at radius 1 is 0.429 bits per heavy atom. The minimum atomic E-state index is -3.80. The summed E-state index contributed by atoms with van der Waals surface area (Å²) in [5.74, 6) is -1.61. The van der Waals surface area contributed by atoms with Crippen molar-refractivity contribution in [3.63, 3.8) is 0 Å². The van der Waals surface area contributed by atoms with Gasteiger partial charge in [0.1, 0.15) is 28.6 Å². The molecule has 2 aromatic heterocycles. The quantitative estimate of drug-likeness (QED) is 0.135. The molecule has 10 aromatic rings. The average molecular weight is 941 g/mol. The van der Waals surface area contributed by atoms with Crippen LogP contribution in [0.1, 0.15) is 33.4 Å². The van der Waals surface area contributed by atoms with Gasteiger partial charge >= 0.3 is 12.3 Å². The van der Waals surface area contributed by atoms with Gasteiger partial charge in [-0.3, -0.25) is 0 Å². The van der Waals surface area contributed by atoms with Crippen LogP contribution in [0.25, 0.3) is 56.4 Å². The highest BCUT2D eigenvalue weighted by molar-refractivity contribution is 7.39. The average Bonchev–Trinajstić information content (AvgIpc) is 3.91. The number of hydrogen-bond donors (Lipinski definition) is 0. The molecule has 0 saturated carbocycles. The number of hydrogen-bond acceptors (Lipinski definition) is 0. The van der Waals surface area contributed by atoms with Crippen LogP contribution in [-0.4, -0.2) is 21.4 Å². The van der Waals surface area contributed by atoms with E-state index >= 15 is 13.1 Å². The fourth-order valence-corrected chi connectivity index (χ4v) is 12.4. The van der Waals surface area contributed by atoms with Crippen molar-refractivity contribution in [1.82, 2.24) is 9.13 Å². The van der Waals surface area contributed by atoms with Crippen LogP contribution >= 0.6 is 11.5 Å². The summed E-state index contributed by atoms with van der Waals surface area (Å²) in [6, 6.07) is 61.0. The van der Waals surface area contributed by atoms with E-state index in [1.807, 2.05) is 152 Å². The van der Waals surface area contributed by atoms with Gasteiger partial charge in [0.25, 0.3) is 0 Å². The Bertz CT molecular complexity index is 3420. The molecule has 70 heavy (non-hydrogen) atoms. The van der Waals surface area contributed by atoms with Gasteiger partial charge in [-0.2, -0.15) is 0 Å². The molecule has 344 valence electrons. The van der Waals surface area contributed by atoms with Crippen LogP contribution in [0.4, 0.5) is 13.1 Å². The fraction of sp³-hybridized carbons (Fsp3) is 0.100. The van der Waals surface area contributed by atoms with Crippen molar-refractivity contribution in [2.75, 3.05) is 0 Å². The Kier molecular flexibility index (Phi) is 11.0. The normalized spacial score (nSPS) is 16.3. The van der Waals surface area contributed by atoms with Gasteiger partial charge < -0.3 is 24.7 Å². The van der Waals surface area contributed by atoms with Crippen LogP contribution in [-0.2, 0) is 0 Å². The number of aromatic nitrogens is 4. The summed E-state index contributed by atoms with van der Waals surface area (Å²) in [6.07, 6.45) is 0. The molecule has 4 nitrogen and oxygen atoms in total. The summed E-state index contributed by atoms with van der Waals surface area (Å²) in [7, 11) is 0. The third-order valence-corrected chi connectivity index (χ3v) is 14.9. The standard InChI is InChI=1S/C60H50B2ClF3N4/c1-39-34-41(3)53(42(4)35-39)67-55(45-22-12-7-13-23-45)57(47-26-16-9-17-27-47)69-59(67)61(63,51-33-32-50(64)38-52(51)65)60-68(54-43(5)36-40(2)37-44(54)6)56(46-24-14-8-15-25-46)58(48-28-18-10-19-29-48)70(60)62(69,66)49-30-20-11-21-31-49/h7-38H,1-6H3. The van der Waals surface area contributed by atoms with Crippen LogP contribution < -0.4 is 31.3 Å². The molecule has 0 amide bonds. The number of halogens is 4. The van der Waals surface area contributed by atoms with Crippen molar-refractivity contribution in [2.45, 2.75) is 41.5 Å². The molecule has 0 atom stereocenters. The first-order valence-electron chi connectivity index (χ1n) is 23.8. The Morgan fingerprint density at radius 2 is 0.771 bits per heavy atom. The van der Waals surface area contributed by atoms with Gasteiger partial charge in [0.15, 0.2) is 11.4 Å². The van der Waals surface area contributed by atoms with Crippen molar-refractivity contribution in [3.8, 4) is 56.4 Å². The third-order valence-electron chi connectivity index (χ3n) is 14.2. The molecule has 10 heteroatoms. The maximum Gasteiger partial charge on any atom is 0.575 e. The number of rotatable bonds is 8. The molecular formula is C60H50B2ClF3N4. The van der Waals surface area contributed by atoms with Gasteiger partial charge in [-0.05, 0) is 69.9 Å². The predicted octanol–water partition coefficient (Wildman–Crippen LogP) is 11.4. The van der Waals surface area contributed by atoms with E-state index in [4.69, 9.17) is 11.5 Å². The van der Waals surface area contributed by atoms with Crippen molar-refractivity contribution >= 4 is 46.1 Å². The van der Waals surface area contributed by atoms with E-state index in [-0.39, 0.29) is 5.46 Å². The molecule has 0 spiro atoms. The van der Waals surface area contributed by atoms with E-state index in [2.05, 4.69) is 74.9 Å². The van der Waals surface area contributed by atoms with E-state index < -0.39 is 23.9 Å². The topological polar surface area (TPSA) is 17.6 Å². The number of imidazole rings is 2. The zero-order valence-corrected chi connectivity index (χ0v) is 40.7. The minimum Gasteiger partial charge on any atom is -0.419 e. The van der Waals surface area contributed by atoms with Crippen LogP contribution in [0, 0.1) is 53.2 Å². The maximum atomic E-state index is 21.9. The monoisotopic (exact) mass is 940 g/mol. The molecule has 0 saturated heterocycles. The van der Waals surface area contributed by atoms with Gasteiger partial charge in [0.05, 0.1) is 17.3 Å². The number of benzene rings is 8. The molecule has 3 heterocycles. The Morgan fingerprint density at radius 3 is 1.13 bits per heavy atom. The van der Waals surface area contributed by atoms with Crippen molar-refractivity contribution in [3.05, 3.63) is 239 Å². The van der Waals surface area contributed by atoms with Crippen molar-refractivity contribution < 1.29 is 22.1 Å². The lowest BCUT2D eigenvalue weighted by atomic mass is 9.36. The molecular weight excluding hydrogens is 891 g/mol. The zero-order chi connectivity index (χ0) is 48.6. The Hall–Kier alpha value is -7.61.